The van der Waals surface area contributed by atoms with Crippen LogP contribution in [0.3, 0.4) is 0 Å². The molecule has 0 radical (unpaired) electrons. The third-order valence-corrected chi connectivity index (χ3v) is 6.21. The maximum absolute atomic E-state index is 6.30. The van der Waals surface area contributed by atoms with Crippen molar-refractivity contribution in [1.82, 2.24) is 9.88 Å². The predicted octanol–water partition coefficient (Wildman–Crippen LogP) is 3.26. The molecular formula is C21H30IN5O2S. The van der Waals surface area contributed by atoms with Crippen LogP contribution in [0, 0.1) is 6.92 Å². The topological polar surface area (TPSA) is 76.2 Å². The number of anilines is 1. The Bertz CT molecular complexity index is 819. The first-order chi connectivity index (χ1) is 14.2. The average Bonchev–Trinajstić information content (AvgIpc) is 3.45. The molecule has 1 aromatic heterocycles. The minimum absolute atomic E-state index is 0. The molecule has 1 atom stereocenters. The summed E-state index contributed by atoms with van der Waals surface area (Å²) in [5.74, 6) is 1.47. The van der Waals surface area contributed by atoms with Crippen LogP contribution in [0.4, 0.5) is 5.13 Å². The predicted molar refractivity (Wildman–Crippen MR) is 132 cm³/mol. The molecule has 164 valence electrons. The van der Waals surface area contributed by atoms with E-state index in [4.69, 9.17) is 15.2 Å². The van der Waals surface area contributed by atoms with Crippen molar-refractivity contribution in [2.75, 3.05) is 44.3 Å². The molecule has 1 aromatic carbocycles. The summed E-state index contributed by atoms with van der Waals surface area (Å²) in [6, 6.07) is 6.24. The monoisotopic (exact) mass is 543 g/mol. The van der Waals surface area contributed by atoms with E-state index in [-0.39, 0.29) is 30.1 Å². The van der Waals surface area contributed by atoms with E-state index in [1.54, 1.807) is 11.3 Å². The zero-order chi connectivity index (χ0) is 20.1. The molecule has 4 rings (SSSR count). The molecule has 0 amide bonds. The molecule has 2 aliphatic heterocycles. The molecule has 0 aliphatic carbocycles. The molecular weight excluding hydrogens is 513 g/mol. The normalized spacial score (nSPS) is 19.6. The van der Waals surface area contributed by atoms with Crippen molar-refractivity contribution in [3.8, 4) is 5.75 Å². The van der Waals surface area contributed by atoms with E-state index in [2.05, 4.69) is 44.9 Å². The number of aryl methyl sites for hydroxylation is 1. The number of thiazole rings is 1. The molecule has 1 unspecified atom stereocenters. The smallest absolute Gasteiger partial charge is 0.191 e. The lowest BCUT2D eigenvalue weighted by molar-refractivity contribution is 0.0676. The molecule has 9 heteroatoms. The van der Waals surface area contributed by atoms with Gasteiger partial charge in [-0.3, -0.25) is 0 Å². The van der Waals surface area contributed by atoms with Gasteiger partial charge in [0.15, 0.2) is 11.1 Å². The Morgan fingerprint density at radius 3 is 2.87 bits per heavy atom. The van der Waals surface area contributed by atoms with Crippen molar-refractivity contribution < 1.29 is 9.47 Å². The Morgan fingerprint density at radius 2 is 2.17 bits per heavy atom. The first-order valence-corrected chi connectivity index (χ1v) is 11.1. The third kappa shape index (κ3) is 5.98. The summed E-state index contributed by atoms with van der Waals surface area (Å²) in [5, 5.41) is 3.09. The second-order valence-electron chi connectivity index (χ2n) is 7.52. The minimum atomic E-state index is 0. The first kappa shape index (κ1) is 23.1. The summed E-state index contributed by atoms with van der Waals surface area (Å²) in [4.78, 5) is 13.5. The van der Waals surface area contributed by atoms with Crippen molar-refractivity contribution in [2.45, 2.75) is 32.4 Å². The van der Waals surface area contributed by atoms with Crippen molar-refractivity contribution in [1.29, 1.82) is 0 Å². The SMILES string of the molecule is Cc1ccc(CN=C(N)N2CCN(c3nccs3)CC2)c(OCC2CCCO2)c1.I. The van der Waals surface area contributed by atoms with Crippen molar-refractivity contribution >= 4 is 46.4 Å². The van der Waals surface area contributed by atoms with Crippen LogP contribution >= 0.6 is 35.3 Å². The van der Waals surface area contributed by atoms with E-state index in [0.717, 1.165) is 62.1 Å². The molecule has 0 bridgehead atoms. The number of nitrogens with two attached hydrogens (primary N) is 1. The first-order valence-electron chi connectivity index (χ1n) is 10.2. The summed E-state index contributed by atoms with van der Waals surface area (Å²) in [7, 11) is 0. The van der Waals surface area contributed by atoms with Gasteiger partial charge in [0.05, 0.1) is 12.6 Å². The Labute approximate surface area is 199 Å². The fraction of sp³-hybridized carbons (Fsp3) is 0.524. The van der Waals surface area contributed by atoms with Gasteiger partial charge < -0.3 is 25.0 Å². The van der Waals surface area contributed by atoms with Gasteiger partial charge in [0.25, 0.3) is 0 Å². The highest BCUT2D eigenvalue weighted by Crippen LogP contribution is 2.23. The Balaban J connectivity index is 0.00000256. The molecule has 2 aliphatic rings. The number of nitrogens with zero attached hydrogens (tertiary/aromatic N) is 4. The molecule has 0 saturated carbocycles. The van der Waals surface area contributed by atoms with E-state index >= 15 is 0 Å². The van der Waals surface area contributed by atoms with E-state index in [1.165, 1.54) is 5.56 Å². The second-order valence-corrected chi connectivity index (χ2v) is 8.39. The quantitative estimate of drug-likeness (QED) is 0.343. The lowest BCUT2D eigenvalue weighted by atomic mass is 10.1. The van der Waals surface area contributed by atoms with Crippen LogP contribution in [-0.4, -0.2) is 61.3 Å². The van der Waals surface area contributed by atoms with Gasteiger partial charge in [-0.1, -0.05) is 12.1 Å². The Morgan fingerprint density at radius 1 is 1.33 bits per heavy atom. The summed E-state index contributed by atoms with van der Waals surface area (Å²) in [5.41, 5.74) is 8.52. The fourth-order valence-corrected chi connectivity index (χ4v) is 4.35. The Hall–Kier alpha value is -1.59. The number of hydrogen-bond acceptors (Lipinski definition) is 6. The second kappa shape index (κ2) is 11.1. The minimum Gasteiger partial charge on any atom is -0.491 e. The van der Waals surface area contributed by atoms with Gasteiger partial charge in [0.2, 0.25) is 0 Å². The van der Waals surface area contributed by atoms with E-state index < -0.39 is 0 Å². The van der Waals surface area contributed by atoms with Crippen LogP contribution in [0.1, 0.15) is 24.0 Å². The lowest BCUT2D eigenvalue weighted by Crippen LogP contribution is -2.51. The van der Waals surface area contributed by atoms with Crippen LogP contribution in [0.2, 0.25) is 0 Å². The maximum atomic E-state index is 6.30. The van der Waals surface area contributed by atoms with E-state index in [9.17, 15) is 0 Å². The number of ether oxygens (including phenoxy) is 2. The van der Waals surface area contributed by atoms with Crippen LogP contribution < -0.4 is 15.4 Å². The highest BCUT2D eigenvalue weighted by molar-refractivity contribution is 14.0. The van der Waals surface area contributed by atoms with E-state index in [1.807, 2.05) is 11.6 Å². The zero-order valence-electron chi connectivity index (χ0n) is 17.3. The molecule has 30 heavy (non-hydrogen) atoms. The van der Waals surface area contributed by atoms with Crippen LogP contribution in [0.5, 0.6) is 5.75 Å². The van der Waals surface area contributed by atoms with Gasteiger partial charge in [0, 0.05) is 49.9 Å². The molecule has 7 nitrogen and oxygen atoms in total. The standard InChI is InChI=1S/C21H29N5O2S.HI/c1-16-4-5-17(19(13-16)28-15-18-3-2-11-27-18)14-24-20(22)25-7-9-26(10-8-25)21-23-6-12-29-21;/h4-6,12-13,18H,2-3,7-11,14-15H2,1H3,(H2,22,24);1H. The number of hydrogen-bond donors (Lipinski definition) is 1. The zero-order valence-corrected chi connectivity index (χ0v) is 20.5. The van der Waals surface area contributed by atoms with Gasteiger partial charge >= 0.3 is 0 Å². The summed E-state index contributed by atoms with van der Waals surface area (Å²) in [6.45, 7) is 7.53. The number of halogens is 1. The highest BCUT2D eigenvalue weighted by atomic mass is 127. The van der Waals surface area contributed by atoms with Crippen LogP contribution in [-0.2, 0) is 11.3 Å². The molecule has 2 saturated heterocycles. The summed E-state index contributed by atoms with van der Waals surface area (Å²) in [6.07, 6.45) is 4.23. The number of aliphatic imine (C=N–C) groups is 1. The lowest BCUT2D eigenvalue weighted by Gasteiger charge is -2.35. The molecule has 2 aromatic rings. The van der Waals surface area contributed by atoms with Gasteiger partial charge in [-0.15, -0.1) is 35.3 Å². The number of benzene rings is 1. The summed E-state index contributed by atoms with van der Waals surface area (Å²) >= 11 is 1.67. The van der Waals surface area contributed by atoms with E-state index in [0.29, 0.717) is 19.1 Å². The summed E-state index contributed by atoms with van der Waals surface area (Å²) < 4.78 is 11.7. The fourth-order valence-electron chi connectivity index (χ4n) is 3.65. The maximum Gasteiger partial charge on any atom is 0.191 e. The molecule has 2 N–H and O–H groups in total. The molecule has 0 spiro atoms. The number of piperazine rings is 1. The largest absolute Gasteiger partial charge is 0.491 e. The highest BCUT2D eigenvalue weighted by Gasteiger charge is 2.20. The van der Waals surface area contributed by atoms with Crippen molar-refractivity contribution in [3.05, 3.63) is 40.9 Å². The van der Waals surface area contributed by atoms with Crippen LogP contribution in [0.25, 0.3) is 0 Å². The van der Waals surface area contributed by atoms with Crippen LogP contribution in [0.15, 0.2) is 34.8 Å². The van der Waals surface area contributed by atoms with Gasteiger partial charge in [-0.05, 0) is 31.4 Å². The van der Waals surface area contributed by atoms with Crippen molar-refractivity contribution in [3.63, 3.8) is 0 Å². The van der Waals surface area contributed by atoms with Gasteiger partial charge in [-0.25, -0.2) is 9.98 Å². The third-order valence-electron chi connectivity index (χ3n) is 5.38. The van der Waals surface area contributed by atoms with Gasteiger partial charge in [0.1, 0.15) is 12.4 Å². The average molecular weight is 543 g/mol. The number of aromatic nitrogens is 1. The Kier molecular flexibility index (Phi) is 8.58. The number of rotatable bonds is 6. The van der Waals surface area contributed by atoms with Gasteiger partial charge in [-0.2, -0.15) is 0 Å². The molecule has 3 heterocycles. The van der Waals surface area contributed by atoms with Crippen molar-refractivity contribution in [2.24, 2.45) is 10.7 Å². The number of guanidine groups is 1. The molecule has 2 fully saturated rings.